The summed E-state index contributed by atoms with van der Waals surface area (Å²) in [7, 11) is 0. The van der Waals surface area contributed by atoms with Crippen LogP contribution in [0.15, 0.2) is 60.7 Å². The van der Waals surface area contributed by atoms with Crippen molar-refractivity contribution in [1.29, 1.82) is 0 Å². The lowest BCUT2D eigenvalue weighted by atomic mass is 9.86. The summed E-state index contributed by atoms with van der Waals surface area (Å²) in [6.45, 7) is 7.52. The molecule has 0 radical (unpaired) electrons. The van der Waals surface area contributed by atoms with Gasteiger partial charge in [0.2, 0.25) is 17.7 Å². The smallest absolute Gasteiger partial charge is 0.323 e. The maximum absolute atomic E-state index is 14.0. The Balaban J connectivity index is 1.72. The first-order valence-electron chi connectivity index (χ1n) is 18.8. The molecular weight excluding hydrogens is 660 g/mol. The molecule has 0 aliphatic carbocycles. The topological polar surface area (TPSA) is 197 Å². The summed E-state index contributed by atoms with van der Waals surface area (Å²) in [5, 5.41) is 18.6. The van der Waals surface area contributed by atoms with E-state index in [-0.39, 0.29) is 74.8 Å². The lowest BCUT2D eigenvalue weighted by Crippen LogP contribution is -2.57. The van der Waals surface area contributed by atoms with E-state index >= 15 is 0 Å². The van der Waals surface area contributed by atoms with Gasteiger partial charge in [0.25, 0.3) is 0 Å². The maximum atomic E-state index is 14.0. The lowest BCUT2D eigenvalue weighted by Gasteiger charge is -2.38. The predicted molar refractivity (Wildman–Crippen MR) is 202 cm³/mol. The number of hydrogen-bond donors (Lipinski definition) is 6. The van der Waals surface area contributed by atoms with E-state index in [2.05, 4.69) is 22.9 Å². The quantitative estimate of drug-likeness (QED) is 0.0991. The van der Waals surface area contributed by atoms with Crippen LogP contribution >= 0.6 is 0 Å². The van der Waals surface area contributed by atoms with Crippen molar-refractivity contribution < 1.29 is 29.1 Å². The monoisotopic (exact) mass is 720 g/mol. The number of hydrogen-bond acceptors (Lipinski definition) is 8. The highest BCUT2D eigenvalue weighted by atomic mass is 16.4. The van der Waals surface area contributed by atoms with Crippen LogP contribution in [0, 0.1) is 11.8 Å². The predicted octanol–water partition coefficient (Wildman–Crippen LogP) is 3.14. The highest BCUT2D eigenvalue weighted by molar-refractivity contribution is 5.95. The molecule has 0 aromatic heterocycles. The van der Waals surface area contributed by atoms with Crippen LogP contribution in [-0.2, 0) is 30.4 Å². The van der Waals surface area contributed by atoms with Crippen LogP contribution in [0.5, 0.6) is 0 Å². The second-order valence-electron chi connectivity index (χ2n) is 14.7. The van der Waals surface area contributed by atoms with Gasteiger partial charge in [-0.2, -0.15) is 0 Å². The average Bonchev–Trinajstić information content (AvgIpc) is 3.12. The van der Waals surface area contributed by atoms with E-state index in [9.17, 15) is 29.1 Å². The number of ketones is 1. The van der Waals surface area contributed by atoms with Gasteiger partial charge in [-0.05, 0) is 61.6 Å². The van der Waals surface area contributed by atoms with Gasteiger partial charge in [-0.3, -0.25) is 24.0 Å². The number of rotatable bonds is 22. The Morgan fingerprint density at radius 1 is 0.865 bits per heavy atom. The van der Waals surface area contributed by atoms with Crippen molar-refractivity contribution in [3.8, 4) is 0 Å². The van der Waals surface area contributed by atoms with E-state index in [0.29, 0.717) is 32.4 Å². The highest BCUT2D eigenvalue weighted by Crippen LogP contribution is 2.25. The first kappa shape index (κ1) is 42.3. The van der Waals surface area contributed by atoms with E-state index in [1.165, 1.54) is 0 Å². The molecule has 0 unspecified atom stereocenters. The van der Waals surface area contributed by atoms with Crippen LogP contribution in [0.3, 0.4) is 0 Å². The molecule has 3 rings (SSSR count). The number of carbonyl (C=O) groups excluding carboxylic acids is 4. The van der Waals surface area contributed by atoms with Crippen molar-refractivity contribution in [3.63, 3.8) is 0 Å². The summed E-state index contributed by atoms with van der Waals surface area (Å²) >= 11 is 0. The lowest BCUT2D eigenvalue weighted by molar-refractivity contribution is -0.149. The summed E-state index contributed by atoms with van der Waals surface area (Å²) in [5.74, 6) is -2.73. The third-order valence-corrected chi connectivity index (χ3v) is 9.90. The van der Waals surface area contributed by atoms with E-state index in [1.807, 2.05) is 74.5 Å². The molecule has 1 heterocycles. The summed E-state index contributed by atoms with van der Waals surface area (Å²) in [6.07, 6.45) is 3.57. The molecule has 2 aromatic carbocycles. The molecular formula is C40H60N6O6. The van der Waals surface area contributed by atoms with Gasteiger partial charge in [0.05, 0.1) is 12.6 Å². The zero-order valence-corrected chi connectivity index (χ0v) is 31.2. The molecule has 1 aliphatic heterocycles. The van der Waals surface area contributed by atoms with Gasteiger partial charge < -0.3 is 37.4 Å². The van der Waals surface area contributed by atoms with E-state index in [4.69, 9.17) is 11.5 Å². The third kappa shape index (κ3) is 13.8. The second kappa shape index (κ2) is 21.4. The van der Waals surface area contributed by atoms with Crippen molar-refractivity contribution in [2.45, 2.75) is 102 Å². The Morgan fingerprint density at radius 3 is 2.10 bits per heavy atom. The van der Waals surface area contributed by atoms with Crippen LogP contribution in [-0.4, -0.2) is 89.8 Å². The molecule has 0 spiro atoms. The largest absolute Gasteiger partial charge is 0.480 e. The van der Waals surface area contributed by atoms with Gasteiger partial charge in [0.15, 0.2) is 5.78 Å². The minimum absolute atomic E-state index is 0.0201. The van der Waals surface area contributed by atoms with Gasteiger partial charge in [0.1, 0.15) is 11.6 Å². The fourth-order valence-corrected chi connectivity index (χ4v) is 6.63. The molecule has 1 fully saturated rings. The number of likely N-dealkylation sites (tertiary alicyclic amines) is 1. The molecule has 12 heteroatoms. The molecule has 1 saturated heterocycles. The fraction of sp³-hybridized carbons (Fsp3) is 0.575. The van der Waals surface area contributed by atoms with Crippen molar-refractivity contribution in [2.75, 3.05) is 32.7 Å². The molecule has 12 nitrogen and oxygen atoms in total. The van der Waals surface area contributed by atoms with Crippen LogP contribution in [0.1, 0.15) is 89.2 Å². The Bertz CT molecular complexity index is 1430. The zero-order valence-electron chi connectivity index (χ0n) is 31.2. The van der Waals surface area contributed by atoms with Crippen molar-refractivity contribution in [1.82, 2.24) is 20.9 Å². The van der Waals surface area contributed by atoms with Gasteiger partial charge in [0, 0.05) is 38.4 Å². The van der Waals surface area contributed by atoms with Crippen LogP contribution < -0.4 is 27.4 Å². The minimum Gasteiger partial charge on any atom is -0.480 e. The number of nitrogens with zero attached hydrogens (tertiary/aromatic N) is 1. The number of unbranched alkanes of at least 4 members (excludes halogenated alkanes) is 2. The standard InChI is InChI=1S/C40H60N6O6/c1-28(2)23-33(35(47)25-32(17-11-6-12-20-41)38(50)46-21-18-40(42,19-22-46)39(51)52)45-37(49)34(24-30-13-7-4-8-14-30)44-36(48)27-43-26-29(3)31-15-9-5-10-16-31/h4-5,7-10,13-16,28-29,32-34,43H,6,11-12,17-27,41-42H2,1-3H3,(H,44,48)(H,45,49)(H,51,52)/t29-,32-,33+,34+/m0/s1. The number of nitrogens with one attached hydrogen (secondary N) is 3. The highest BCUT2D eigenvalue weighted by Gasteiger charge is 2.40. The molecule has 286 valence electrons. The fourth-order valence-electron chi connectivity index (χ4n) is 6.63. The molecule has 3 amide bonds. The minimum atomic E-state index is -1.38. The summed E-state index contributed by atoms with van der Waals surface area (Å²) in [5.41, 5.74) is 12.4. The third-order valence-electron chi connectivity index (χ3n) is 9.90. The molecule has 52 heavy (non-hydrogen) atoms. The Hall–Kier alpha value is -4.13. The van der Waals surface area contributed by atoms with Crippen molar-refractivity contribution >= 4 is 29.5 Å². The zero-order chi connectivity index (χ0) is 38.1. The molecule has 0 saturated carbocycles. The Labute approximate surface area is 308 Å². The Kier molecular flexibility index (Phi) is 17.4. The normalized spacial score (nSPS) is 16.4. The summed E-state index contributed by atoms with van der Waals surface area (Å²) < 4.78 is 0. The van der Waals surface area contributed by atoms with Crippen LogP contribution in [0.4, 0.5) is 0 Å². The van der Waals surface area contributed by atoms with Crippen molar-refractivity contribution in [3.05, 3.63) is 71.8 Å². The first-order chi connectivity index (χ1) is 24.8. The van der Waals surface area contributed by atoms with E-state index < -0.39 is 35.4 Å². The number of carboxylic acid groups (broad SMARTS) is 1. The molecule has 4 atom stereocenters. The SMILES string of the molecule is CC(C)C[C@@H](NC(=O)[C@@H](Cc1ccccc1)NC(=O)CNC[C@H](C)c1ccccc1)C(=O)C[C@H](CCCCCN)C(=O)N1CCC(N)(C(=O)O)CC1. The summed E-state index contributed by atoms with van der Waals surface area (Å²) in [4.78, 5) is 68.2. The van der Waals surface area contributed by atoms with Crippen LogP contribution in [0.2, 0.25) is 0 Å². The number of benzene rings is 2. The number of carboxylic acids is 1. The van der Waals surface area contributed by atoms with Crippen molar-refractivity contribution in [2.24, 2.45) is 23.3 Å². The van der Waals surface area contributed by atoms with E-state index in [1.54, 1.807) is 4.90 Å². The average molecular weight is 721 g/mol. The van der Waals surface area contributed by atoms with Gasteiger partial charge in [-0.1, -0.05) is 94.3 Å². The molecule has 0 bridgehead atoms. The number of nitrogens with two attached hydrogens (primary N) is 2. The first-order valence-corrected chi connectivity index (χ1v) is 18.8. The van der Waals surface area contributed by atoms with Gasteiger partial charge in [-0.15, -0.1) is 0 Å². The molecule has 2 aromatic rings. The molecule has 8 N–H and O–H groups in total. The van der Waals surface area contributed by atoms with Gasteiger partial charge in [-0.25, -0.2) is 0 Å². The number of aliphatic carboxylic acids is 1. The number of carbonyl (C=O) groups is 5. The second-order valence-corrected chi connectivity index (χ2v) is 14.7. The van der Waals surface area contributed by atoms with Gasteiger partial charge >= 0.3 is 5.97 Å². The number of amides is 3. The molecule has 1 aliphatic rings. The summed E-state index contributed by atoms with van der Waals surface area (Å²) in [6, 6.07) is 17.6. The number of Topliss-reactive ketones (excluding diaryl/α,β-unsaturated/α-hetero) is 1. The Morgan fingerprint density at radius 2 is 1.50 bits per heavy atom. The maximum Gasteiger partial charge on any atom is 0.323 e. The van der Waals surface area contributed by atoms with Crippen LogP contribution in [0.25, 0.3) is 0 Å². The number of piperidine rings is 1. The van der Waals surface area contributed by atoms with E-state index in [0.717, 1.165) is 24.0 Å².